The second kappa shape index (κ2) is 11.3. The molecule has 0 aliphatic rings. The zero-order chi connectivity index (χ0) is 18.9. The van der Waals surface area contributed by atoms with Gasteiger partial charge in [-0.1, -0.05) is 48.5 Å². The van der Waals surface area contributed by atoms with Crippen LogP contribution in [-0.2, 0) is 13.1 Å². The van der Waals surface area contributed by atoms with Crippen LogP contribution in [0.25, 0.3) is 11.3 Å². The fraction of sp³-hybridized carbons (Fsp3) is 0.238. The first-order valence-corrected chi connectivity index (χ1v) is 9.04. The maximum atomic E-state index is 5.66. The number of rotatable bonds is 7. The number of benzene rings is 2. The number of guanidine groups is 1. The molecule has 28 heavy (non-hydrogen) atoms. The molecule has 0 saturated carbocycles. The van der Waals surface area contributed by atoms with Crippen molar-refractivity contribution in [3.05, 3.63) is 72.2 Å². The van der Waals surface area contributed by atoms with Crippen LogP contribution in [0.15, 0.2) is 65.8 Å². The first kappa shape index (κ1) is 21.7. The maximum absolute atomic E-state index is 5.66. The Hall–Kier alpha value is -2.55. The normalized spacial score (nSPS) is 10.9. The molecule has 3 aromatic rings. The summed E-state index contributed by atoms with van der Waals surface area (Å²) in [4.78, 5) is 12.0. The molecule has 1 aromatic heterocycles. The predicted octanol–water partition coefficient (Wildman–Crippen LogP) is 3.96. The molecule has 1 heterocycles. The molecule has 6 nitrogen and oxygen atoms in total. The van der Waals surface area contributed by atoms with Crippen molar-refractivity contribution in [3.63, 3.8) is 0 Å². The highest BCUT2D eigenvalue weighted by molar-refractivity contribution is 14.0. The van der Waals surface area contributed by atoms with E-state index in [4.69, 9.17) is 4.74 Å². The topological polar surface area (TPSA) is 74.3 Å². The molecule has 0 unspecified atom stereocenters. The highest BCUT2D eigenvalue weighted by Gasteiger charge is 2.06. The Kier molecular flexibility index (Phi) is 8.80. The molecule has 2 aromatic carbocycles. The molecule has 0 aliphatic carbocycles. The van der Waals surface area contributed by atoms with Gasteiger partial charge < -0.3 is 20.4 Å². The smallest absolute Gasteiger partial charge is 0.191 e. The Morgan fingerprint density at radius 1 is 1.04 bits per heavy atom. The second-order valence-electron chi connectivity index (χ2n) is 5.93. The maximum Gasteiger partial charge on any atom is 0.191 e. The highest BCUT2D eigenvalue weighted by atomic mass is 127. The summed E-state index contributed by atoms with van der Waals surface area (Å²) in [6, 6.07) is 18.1. The lowest BCUT2D eigenvalue weighted by molar-refractivity contribution is 0.336. The molecule has 0 bridgehead atoms. The number of nitrogens with zero attached hydrogens (tertiary/aromatic N) is 2. The van der Waals surface area contributed by atoms with Crippen LogP contribution in [0.2, 0.25) is 0 Å². The molecule has 148 valence electrons. The van der Waals surface area contributed by atoms with Gasteiger partial charge in [0.25, 0.3) is 0 Å². The van der Waals surface area contributed by atoms with Crippen LogP contribution in [0.3, 0.4) is 0 Å². The Labute approximate surface area is 182 Å². The molecule has 7 heteroatoms. The third-order valence-corrected chi connectivity index (χ3v) is 4.08. The van der Waals surface area contributed by atoms with Gasteiger partial charge in [-0.3, -0.25) is 4.99 Å². The summed E-state index contributed by atoms with van der Waals surface area (Å²) >= 11 is 0. The monoisotopic (exact) mass is 491 g/mol. The van der Waals surface area contributed by atoms with Crippen LogP contribution >= 0.6 is 24.0 Å². The quantitative estimate of drug-likeness (QED) is 0.266. The molecule has 0 aliphatic heterocycles. The number of para-hydroxylation sites is 1. The number of aliphatic imine (C=N–C) groups is 1. The van der Waals surface area contributed by atoms with Crippen molar-refractivity contribution in [1.29, 1.82) is 0 Å². The largest absolute Gasteiger partial charge is 0.494 e. The minimum atomic E-state index is 0. The van der Waals surface area contributed by atoms with E-state index in [1.807, 2.05) is 55.6 Å². The first-order valence-electron chi connectivity index (χ1n) is 9.04. The number of imidazole rings is 1. The highest BCUT2D eigenvalue weighted by Crippen LogP contribution is 2.17. The Balaban J connectivity index is 0.00000280. The van der Waals surface area contributed by atoms with Crippen LogP contribution < -0.4 is 15.4 Å². The Bertz CT molecular complexity index is 879. The third kappa shape index (κ3) is 5.98. The van der Waals surface area contributed by atoms with Crippen molar-refractivity contribution in [1.82, 2.24) is 20.6 Å². The van der Waals surface area contributed by atoms with E-state index < -0.39 is 0 Å². The zero-order valence-corrected chi connectivity index (χ0v) is 18.4. The summed E-state index contributed by atoms with van der Waals surface area (Å²) < 4.78 is 5.66. The van der Waals surface area contributed by atoms with Gasteiger partial charge in [0.15, 0.2) is 5.96 Å². The van der Waals surface area contributed by atoms with E-state index in [1.165, 1.54) is 0 Å². The molecule has 0 radical (unpaired) electrons. The van der Waals surface area contributed by atoms with E-state index in [2.05, 4.69) is 37.7 Å². The van der Waals surface area contributed by atoms with Crippen LogP contribution in [0.5, 0.6) is 5.75 Å². The number of aromatic nitrogens is 2. The molecule has 0 spiro atoms. The number of aromatic amines is 1. The van der Waals surface area contributed by atoms with E-state index in [9.17, 15) is 0 Å². The second-order valence-corrected chi connectivity index (χ2v) is 5.93. The molecule has 3 N–H and O–H groups in total. The Morgan fingerprint density at radius 2 is 1.75 bits per heavy atom. The van der Waals surface area contributed by atoms with Gasteiger partial charge in [-0.15, -0.1) is 24.0 Å². The number of H-pyrrole nitrogens is 1. The van der Waals surface area contributed by atoms with Gasteiger partial charge in [-0.2, -0.15) is 0 Å². The van der Waals surface area contributed by atoms with Crippen molar-refractivity contribution in [2.24, 2.45) is 4.99 Å². The average molecular weight is 491 g/mol. The standard InChI is InChI=1S/C21H25N5O.HI/c1-3-27-19-12-8-7-11-17(19)13-24-21(22-2)25-15-20-23-14-18(26-20)16-9-5-4-6-10-16;/h4-12,14H,3,13,15H2,1-2H3,(H,23,26)(H2,22,24,25);1H. The Morgan fingerprint density at radius 3 is 2.50 bits per heavy atom. The lowest BCUT2D eigenvalue weighted by atomic mass is 10.2. The molecule has 3 rings (SSSR count). The minimum absolute atomic E-state index is 0. The molecule has 0 atom stereocenters. The summed E-state index contributed by atoms with van der Waals surface area (Å²) in [5.74, 6) is 2.45. The molecule has 0 fully saturated rings. The van der Waals surface area contributed by atoms with Gasteiger partial charge in [0.05, 0.1) is 25.0 Å². The van der Waals surface area contributed by atoms with Crippen molar-refractivity contribution in [2.45, 2.75) is 20.0 Å². The van der Waals surface area contributed by atoms with Crippen LogP contribution in [0.4, 0.5) is 0 Å². The summed E-state index contributed by atoms with van der Waals surface area (Å²) in [7, 11) is 1.75. The van der Waals surface area contributed by atoms with Crippen molar-refractivity contribution >= 4 is 29.9 Å². The lowest BCUT2D eigenvalue weighted by Gasteiger charge is -2.13. The summed E-state index contributed by atoms with van der Waals surface area (Å²) in [5.41, 5.74) is 3.21. The van der Waals surface area contributed by atoms with Gasteiger partial charge in [0, 0.05) is 19.2 Å². The van der Waals surface area contributed by atoms with Gasteiger partial charge in [0.2, 0.25) is 0 Å². The van der Waals surface area contributed by atoms with Crippen molar-refractivity contribution in [3.8, 4) is 17.0 Å². The number of ether oxygens (including phenoxy) is 1. The van der Waals surface area contributed by atoms with Crippen molar-refractivity contribution in [2.75, 3.05) is 13.7 Å². The summed E-state index contributed by atoms with van der Waals surface area (Å²) in [6.07, 6.45) is 1.85. The zero-order valence-electron chi connectivity index (χ0n) is 16.1. The summed E-state index contributed by atoms with van der Waals surface area (Å²) in [6.45, 7) is 3.81. The van der Waals surface area contributed by atoms with E-state index in [1.54, 1.807) is 7.05 Å². The van der Waals surface area contributed by atoms with Crippen molar-refractivity contribution < 1.29 is 4.74 Å². The summed E-state index contributed by atoms with van der Waals surface area (Å²) in [5, 5.41) is 6.59. The molecular formula is C21H26IN5O. The lowest BCUT2D eigenvalue weighted by Crippen LogP contribution is -2.36. The van der Waals surface area contributed by atoms with E-state index in [-0.39, 0.29) is 24.0 Å². The molecule has 0 saturated heterocycles. The fourth-order valence-corrected chi connectivity index (χ4v) is 2.73. The number of hydrogen-bond acceptors (Lipinski definition) is 3. The third-order valence-electron chi connectivity index (χ3n) is 4.08. The van der Waals surface area contributed by atoms with Gasteiger partial charge in [0.1, 0.15) is 11.6 Å². The van der Waals surface area contributed by atoms with Crippen LogP contribution in [-0.4, -0.2) is 29.6 Å². The van der Waals surface area contributed by atoms with E-state index in [0.29, 0.717) is 25.7 Å². The van der Waals surface area contributed by atoms with Gasteiger partial charge in [-0.05, 0) is 18.6 Å². The average Bonchev–Trinajstić information content (AvgIpc) is 3.19. The molecule has 0 amide bonds. The van der Waals surface area contributed by atoms with Crippen LogP contribution in [0.1, 0.15) is 18.3 Å². The minimum Gasteiger partial charge on any atom is -0.494 e. The van der Waals surface area contributed by atoms with E-state index >= 15 is 0 Å². The first-order chi connectivity index (χ1) is 13.3. The van der Waals surface area contributed by atoms with Gasteiger partial charge in [-0.25, -0.2) is 4.98 Å². The van der Waals surface area contributed by atoms with Gasteiger partial charge >= 0.3 is 0 Å². The number of hydrogen-bond donors (Lipinski definition) is 3. The SMILES string of the molecule is CCOc1ccccc1CNC(=NC)NCc1ncc(-c2ccccc2)[nH]1.I. The fourth-order valence-electron chi connectivity index (χ4n) is 2.73. The van der Waals surface area contributed by atoms with E-state index in [0.717, 1.165) is 28.4 Å². The van der Waals surface area contributed by atoms with Crippen LogP contribution in [0, 0.1) is 0 Å². The number of halogens is 1. The predicted molar refractivity (Wildman–Crippen MR) is 124 cm³/mol. The molecular weight excluding hydrogens is 465 g/mol. The number of nitrogens with one attached hydrogen (secondary N) is 3.